The van der Waals surface area contributed by atoms with Crippen LogP contribution in [0.3, 0.4) is 0 Å². The second-order valence-corrected chi connectivity index (χ2v) is 6.00. The zero-order valence-electron chi connectivity index (χ0n) is 12.5. The van der Waals surface area contributed by atoms with E-state index in [-0.39, 0.29) is 5.82 Å². The van der Waals surface area contributed by atoms with Crippen molar-refractivity contribution in [1.29, 1.82) is 0 Å². The molecule has 1 saturated carbocycles. The third kappa shape index (κ3) is 3.70. The summed E-state index contributed by atoms with van der Waals surface area (Å²) in [5.74, 6) is 0.556. The van der Waals surface area contributed by atoms with Crippen molar-refractivity contribution < 1.29 is 4.39 Å². The van der Waals surface area contributed by atoms with Crippen LogP contribution >= 0.6 is 0 Å². The van der Waals surface area contributed by atoms with Crippen molar-refractivity contribution >= 4 is 0 Å². The summed E-state index contributed by atoms with van der Waals surface area (Å²) in [7, 11) is 0. The van der Waals surface area contributed by atoms with Crippen LogP contribution in [0, 0.1) is 18.7 Å². The van der Waals surface area contributed by atoms with Gasteiger partial charge in [0.25, 0.3) is 0 Å². The van der Waals surface area contributed by atoms with Gasteiger partial charge in [-0.2, -0.15) is 0 Å². The molecule has 1 nitrogen and oxygen atoms in total. The van der Waals surface area contributed by atoms with Crippen LogP contribution in [0.4, 0.5) is 4.39 Å². The third-order valence-corrected chi connectivity index (χ3v) is 4.34. The van der Waals surface area contributed by atoms with Crippen LogP contribution in [0.5, 0.6) is 0 Å². The fourth-order valence-electron chi connectivity index (χ4n) is 2.91. The lowest BCUT2D eigenvalue weighted by atomic mass is 10.0. The molecule has 3 rings (SSSR count). The van der Waals surface area contributed by atoms with Gasteiger partial charge in [-0.25, -0.2) is 4.39 Å². The topological polar surface area (TPSA) is 12.0 Å². The number of hydrogen-bond donors (Lipinski definition) is 1. The Labute approximate surface area is 126 Å². The Hall–Kier alpha value is -1.67. The van der Waals surface area contributed by atoms with Crippen molar-refractivity contribution in [2.24, 2.45) is 5.92 Å². The minimum absolute atomic E-state index is 0.159. The molecule has 2 aromatic rings. The summed E-state index contributed by atoms with van der Waals surface area (Å²) < 4.78 is 13.1. The Morgan fingerprint density at radius 1 is 1.10 bits per heavy atom. The van der Waals surface area contributed by atoms with Crippen molar-refractivity contribution in [2.45, 2.75) is 32.2 Å². The number of aryl methyl sites for hydroxylation is 1. The maximum absolute atomic E-state index is 13.1. The van der Waals surface area contributed by atoms with Gasteiger partial charge >= 0.3 is 0 Å². The molecule has 2 aromatic carbocycles. The predicted molar refractivity (Wildman–Crippen MR) is 84.8 cm³/mol. The molecule has 0 bridgehead atoms. The molecule has 1 aliphatic rings. The van der Waals surface area contributed by atoms with Gasteiger partial charge in [0, 0.05) is 6.04 Å². The molecular formula is C19H22FN. The Bertz CT molecular complexity index is 587. The number of halogens is 1. The maximum Gasteiger partial charge on any atom is 0.123 e. The van der Waals surface area contributed by atoms with E-state index in [1.54, 1.807) is 12.1 Å². The van der Waals surface area contributed by atoms with Crippen LogP contribution in [-0.2, 0) is 6.42 Å². The molecule has 0 radical (unpaired) electrons. The fourth-order valence-corrected chi connectivity index (χ4v) is 2.91. The van der Waals surface area contributed by atoms with Crippen molar-refractivity contribution in [3.05, 3.63) is 71.0 Å². The predicted octanol–water partition coefficient (Wildman–Crippen LogP) is 4.42. The van der Waals surface area contributed by atoms with Crippen molar-refractivity contribution in [1.82, 2.24) is 5.32 Å². The highest BCUT2D eigenvalue weighted by Crippen LogP contribution is 2.40. The summed E-state index contributed by atoms with van der Waals surface area (Å²) in [6.45, 7) is 3.12. The normalized spacial score (nSPS) is 15.9. The van der Waals surface area contributed by atoms with Crippen LogP contribution in [0.15, 0.2) is 48.5 Å². The lowest BCUT2D eigenvalue weighted by Gasteiger charge is -2.19. The summed E-state index contributed by atoms with van der Waals surface area (Å²) in [6.07, 6.45) is 3.59. The minimum Gasteiger partial charge on any atom is -0.309 e. The minimum atomic E-state index is -0.159. The molecule has 1 fully saturated rings. The highest BCUT2D eigenvalue weighted by Gasteiger charge is 2.31. The zero-order valence-corrected chi connectivity index (χ0v) is 12.5. The van der Waals surface area contributed by atoms with E-state index < -0.39 is 0 Å². The smallest absolute Gasteiger partial charge is 0.123 e. The average Bonchev–Trinajstić information content (AvgIpc) is 3.31. The number of rotatable bonds is 6. The molecule has 1 unspecified atom stereocenters. The van der Waals surface area contributed by atoms with E-state index in [4.69, 9.17) is 0 Å². The summed E-state index contributed by atoms with van der Waals surface area (Å²) in [5, 5.41) is 3.67. The molecule has 0 aromatic heterocycles. The monoisotopic (exact) mass is 283 g/mol. The lowest BCUT2D eigenvalue weighted by molar-refractivity contribution is 0.483. The first kappa shape index (κ1) is 14.3. The van der Waals surface area contributed by atoms with Gasteiger partial charge in [-0.3, -0.25) is 0 Å². The third-order valence-electron chi connectivity index (χ3n) is 4.34. The zero-order chi connectivity index (χ0) is 14.7. The molecule has 110 valence electrons. The van der Waals surface area contributed by atoms with E-state index in [0.717, 1.165) is 13.0 Å². The molecular weight excluding hydrogens is 261 g/mol. The second-order valence-electron chi connectivity index (χ2n) is 6.00. The highest BCUT2D eigenvalue weighted by molar-refractivity contribution is 5.26. The maximum atomic E-state index is 13.1. The SMILES string of the molecule is Cc1ccccc1CCNC(c1ccc(F)cc1)C1CC1. The van der Waals surface area contributed by atoms with Crippen LogP contribution < -0.4 is 5.32 Å². The first-order valence-corrected chi connectivity index (χ1v) is 7.77. The molecule has 0 aliphatic heterocycles. The lowest BCUT2D eigenvalue weighted by Crippen LogP contribution is -2.25. The Kier molecular flexibility index (Phi) is 4.35. The van der Waals surface area contributed by atoms with Crippen LogP contribution in [0.1, 0.15) is 35.6 Å². The van der Waals surface area contributed by atoms with Crippen LogP contribution in [-0.4, -0.2) is 6.54 Å². The molecule has 0 saturated heterocycles. The fraction of sp³-hybridized carbons (Fsp3) is 0.368. The average molecular weight is 283 g/mol. The van der Waals surface area contributed by atoms with E-state index in [1.165, 1.54) is 29.5 Å². The van der Waals surface area contributed by atoms with Gasteiger partial charge in [0.2, 0.25) is 0 Å². The molecule has 21 heavy (non-hydrogen) atoms. The molecule has 0 amide bonds. The molecule has 0 heterocycles. The van der Waals surface area contributed by atoms with Gasteiger partial charge in [0.1, 0.15) is 5.82 Å². The highest BCUT2D eigenvalue weighted by atomic mass is 19.1. The summed E-state index contributed by atoms with van der Waals surface area (Å²) >= 11 is 0. The Morgan fingerprint density at radius 2 is 1.81 bits per heavy atom. The first-order valence-electron chi connectivity index (χ1n) is 7.77. The molecule has 2 heteroatoms. The van der Waals surface area contributed by atoms with Crippen molar-refractivity contribution in [3.63, 3.8) is 0 Å². The Balaban J connectivity index is 1.61. The van der Waals surface area contributed by atoms with Gasteiger partial charge in [0.15, 0.2) is 0 Å². The quantitative estimate of drug-likeness (QED) is 0.827. The van der Waals surface area contributed by atoms with E-state index in [2.05, 4.69) is 36.5 Å². The number of hydrogen-bond acceptors (Lipinski definition) is 1. The summed E-state index contributed by atoms with van der Waals surface area (Å²) in [4.78, 5) is 0. The number of benzene rings is 2. The van der Waals surface area contributed by atoms with E-state index in [1.807, 2.05) is 12.1 Å². The van der Waals surface area contributed by atoms with Gasteiger partial charge in [-0.05, 0) is 67.5 Å². The first-order chi connectivity index (χ1) is 10.2. The van der Waals surface area contributed by atoms with Crippen LogP contribution in [0.2, 0.25) is 0 Å². The van der Waals surface area contributed by atoms with E-state index in [0.29, 0.717) is 12.0 Å². The van der Waals surface area contributed by atoms with Crippen molar-refractivity contribution in [2.75, 3.05) is 6.54 Å². The molecule has 0 spiro atoms. The van der Waals surface area contributed by atoms with E-state index in [9.17, 15) is 4.39 Å². The molecule has 1 N–H and O–H groups in total. The second kappa shape index (κ2) is 6.40. The largest absolute Gasteiger partial charge is 0.309 e. The molecule has 1 aliphatic carbocycles. The summed E-state index contributed by atoms with van der Waals surface area (Å²) in [5.41, 5.74) is 3.96. The van der Waals surface area contributed by atoms with E-state index >= 15 is 0 Å². The van der Waals surface area contributed by atoms with Crippen molar-refractivity contribution in [3.8, 4) is 0 Å². The molecule has 1 atom stereocenters. The van der Waals surface area contributed by atoms with Gasteiger partial charge in [-0.15, -0.1) is 0 Å². The standard InChI is InChI=1S/C19H22FN/c1-14-4-2-3-5-15(14)12-13-21-19(16-6-7-16)17-8-10-18(20)11-9-17/h2-5,8-11,16,19,21H,6-7,12-13H2,1H3. The van der Waals surface area contributed by atoms with Gasteiger partial charge < -0.3 is 5.32 Å². The van der Waals surface area contributed by atoms with Crippen LogP contribution in [0.25, 0.3) is 0 Å². The summed E-state index contributed by atoms with van der Waals surface area (Å²) in [6, 6.07) is 15.9. The Morgan fingerprint density at radius 3 is 2.48 bits per heavy atom. The van der Waals surface area contributed by atoms with Gasteiger partial charge in [-0.1, -0.05) is 36.4 Å². The number of nitrogens with one attached hydrogen (secondary N) is 1. The van der Waals surface area contributed by atoms with Gasteiger partial charge in [0.05, 0.1) is 0 Å².